The number of methoxy groups -OCH3 is 1. The van der Waals surface area contributed by atoms with Crippen LogP contribution in [-0.2, 0) is 0 Å². The molecule has 0 radical (unpaired) electrons. The van der Waals surface area contributed by atoms with E-state index in [1.54, 1.807) is 13.2 Å². The van der Waals surface area contributed by atoms with Crippen molar-refractivity contribution in [3.8, 4) is 5.75 Å². The predicted molar refractivity (Wildman–Crippen MR) is 74.9 cm³/mol. The maximum atomic E-state index is 12.5. The second-order valence-corrected chi connectivity index (χ2v) is 4.63. The molecule has 0 aliphatic carbocycles. The van der Waals surface area contributed by atoms with Gasteiger partial charge in [0.1, 0.15) is 11.4 Å². The van der Waals surface area contributed by atoms with Crippen LogP contribution in [0.25, 0.3) is 0 Å². The van der Waals surface area contributed by atoms with Gasteiger partial charge in [-0.2, -0.15) is 0 Å². The second kappa shape index (κ2) is 5.22. The van der Waals surface area contributed by atoms with Crippen molar-refractivity contribution in [3.63, 3.8) is 0 Å². The summed E-state index contributed by atoms with van der Waals surface area (Å²) in [5.41, 5.74) is 3.85. The molecule has 0 aliphatic rings. The number of ether oxygens (including phenoxy) is 1. The average Bonchev–Trinajstić information content (AvgIpc) is 2.40. The van der Waals surface area contributed by atoms with Crippen molar-refractivity contribution in [2.45, 2.75) is 20.8 Å². The Bertz CT molecular complexity index is 633. The zero-order valence-corrected chi connectivity index (χ0v) is 11.7. The minimum absolute atomic E-state index is 0.0491. The van der Waals surface area contributed by atoms with Gasteiger partial charge in [0.05, 0.1) is 7.11 Å². The van der Waals surface area contributed by atoms with E-state index in [0.29, 0.717) is 11.3 Å². The summed E-state index contributed by atoms with van der Waals surface area (Å²) in [5, 5.41) is 0. The quantitative estimate of drug-likeness (QED) is 0.790. The first-order chi connectivity index (χ1) is 9.02. The number of hydrogen-bond donors (Lipinski definition) is 0. The molecule has 0 fully saturated rings. The third-order valence-electron chi connectivity index (χ3n) is 3.11. The van der Waals surface area contributed by atoms with E-state index in [1.807, 2.05) is 45.0 Å². The molecule has 0 aliphatic heterocycles. The smallest absolute Gasteiger partial charge is 0.211 e. The highest BCUT2D eigenvalue weighted by molar-refractivity contribution is 6.08. The van der Waals surface area contributed by atoms with E-state index in [0.717, 1.165) is 22.6 Å². The minimum atomic E-state index is -0.0491. The van der Waals surface area contributed by atoms with Crippen molar-refractivity contribution in [3.05, 3.63) is 58.4 Å². The molecule has 19 heavy (non-hydrogen) atoms. The van der Waals surface area contributed by atoms with E-state index in [1.165, 1.54) is 0 Å². The first-order valence-corrected chi connectivity index (χ1v) is 6.16. The molecule has 3 nitrogen and oxygen atoms in total. The van der Waals surface area contributed by atoms with Gasteiger partial charge < -0.3 is 4.74 Å². The Morgan fingerprint density at radius 2 is 1.84 bits per heavy atom. The van der Waals surface area contributed by atoms with E-state index in [2.05, 4.69) is 4.98 Å². The van der Waals surface area contributed by atoms with Crippen LogP contribution >= 0.6 is 0 Å². The standard InChI is InChI=1S/C16H17NO2/c1-10-9-15(19-4)11(2)8-13(10)16(18)14-7-5-6-12(3)17-14/h5-9H,1-4H3. The van der Waals surface area contributed by atoms with Gasteiger partial charge in [0.15, 0.2) is 0 Å². The molecule has 0 bridgehead atoms. The lowest BCUT2D eigenvalue weighted by atomic mass is 9.99. The van der Waals surface area contributed by atoms with Gasteiger partial charge in [0.25, 0.3) is 0 Å². The van der Waals surface area contributed by atoms with E-state index in [9.17, 15) is 4.79 Å². The van der Waals surface area contributed by atoms with Gasteiger partial charge in [-0.25, -0.2) is 4.98 Å². The summed E-state index contributed by atoms with van der Waals surface area (Å²) >= 11 is 0. The molecule has 0 saturated carbocycles. The lowest BCUT2D eigenvalue weighted by Crippen LogP contribution is -2.07. The highest BCUT2D eigenvalue weighted by atomic mass is 16.5. The van der Waals surface area contributed by atoms with Gasteiger partial charge in [-0.3, -0.25) is 4.79 Å². The number of ketones is 1. The summed E-state index contributed by atoms with van der Waals surface area (Å²) in [6.45, 7) is 5.71. The molecule has 98 valence electrons. The number of carbonyl (C=O) groups excluding carboxylic acids is 1. The van der Waals surface area contributed by atoms with E-state index < -0.39 is 0 Å². The van der Waals surface area contributed by atoms with Gasteiger partial charge in [-0.15, -0.1) is 0 Å². The maximum Gasteiger partial charge on any atom is 0.211 e. The second-order valence-electron chi connectivity index (χ2n) is 4.63. The SMILES string of the molecule is COc1cc(C)c(C(=O)c2cccc(C)n2)cc1C. The predicted octanol–water partition coefficient (Wildman–Crippen LogP) is 3.25. The molecular weight excluding hydrogens is 238 g/mol. The minimum Gasteiger partial charge on any atom is -0.496 e. The fourth-order valence-electron chi connectivity index (χ4n) is 2.06. The number of nitrogens with zero attached hydrogens (tertiary/aromatic N) is 1. The van der Waals surface area contributed by atoms with Crippen LogP contribution in [0.5, 0.6) is 5.75 Å². The van der Waals surface area contributed by atoms with E-state index in [4.69, 9.17) is 4.74 Å². The lowest BCUT2D eigenvalue weighted by Gasteiger charge is -2.10. The van der Waals surface area contributed by atoms with Crippen LogP contribution in [0.2, 0.25) is 0 Å². The van der Waals surface area contributed by atoms with Crippen molar-refractivity contribution >= 4 is 5.78 Å². The third-order valence-corrected chi connectivity index (χ3v) is 3.11. The topological polar surface area (TPSA) is 39.2 Å². The Hall–Kier alpha value is -2.16. The molecule has 3 heteroatoms. The molecule has 0 spiro atoms. The number of hydrogen-bond acceptors (Lipinski definition) is 3. The number of aryl methyl sites for hydroxylation is 3. The number of pyridine rings is 1. The lowest BCUT2D eigenvalue weighted by molar-refractivity contribution is 0.103. The van der Waals surface area contributed by atoms with Crippen LogP contribution in [0, 0.1) is 20.8 Å². The largest absolute Gasteiger partial charge is 0.496 e. The van der Waals surface area contributed by atoms with Gasteiger partial charge in [0, 0.05) is 11.3 Å². The molecule has 2 aromatic rings. The van der Waals surface area contributed by atoms with Crippen molar-refractivity contribution in [2.24, 2.45) is 0 Å². The Kier molecular flexibility index (Phi) is 3.65. The van der Waals surface area contributed by atoms with Gasteiger partial charge >= 0.3 is 0 Å². The number of aromatic nitrogens is 1. The molecule has 2 rings (SSSR count). The van der Waals surface area contributed by atoms with Crippen molar-refractivity contribution in [1.82, 2.24) is 4.98 Å². The molecule has 0 atom stereocenters. The zero-order valence-electron chi connectivity index (χ0n) is 11.7. The zero-order chi connectivity index (χ0) is 14.0. The Morgan fingerprint density at radius 3 is 2.47 bits per heavy atom. The summed E-state index contributed by atoms with van der Waals surface area (Å²) in [7, 11) is 1.63. The first kappa shape index (κ1) is 13.3. The maximum absolute atomic E-state index is 12.5. The molecule has 0 amide bonds. The molecule has 0 unspecified atom stereocenters. The van der Waals surface area contributed by atoms with Crippen LogP contribution in [0.15, 0.2) is 30.3 Å². The third kappa shape index (κ3) is 2.65. The van der Waals surface area contributed by atoms with Crippen molar-refractivity contribution < 1.29 is 9.53 Å². The Morgan fingerprint density at radius 1 is 1.11 bits per heavy atom. The van der Waals surface area contributed by atoms with Crippen molar-refractivity contribution in [2.75, 3.05) is 7.11 Å². The van der Waals surface area contributed by atoms with Gasteiger partial charge in [-0.1, -0.05) is 6.07 Å². The van der Waals surface area contributed by atoms with E-state index >= 15 is 0 Å². The average molecular weight is 255 g/mol. The summed E-state index contributed by atoms with van der Waals surface area (Å²) in [6, 6.07) is 9.22. The summed E-state index contributed by atoms with van der Waals surface area (Å²) in [4.78, 5) is 16.7. The molecule has 0 N–H and O–H groups in total. The number of rotatable bonds is 3. The molecule has 1 heterocycles. The van der Waals surface area contributed by atoms with E-state index in [-0.39, 0.29) is 5.78 Å². The van der Waals surface area contributed by atoms with Crippen molar-refractivity contribution in [1.29, 1.82) is 0 Å². The van der Waals surface area contributed by atoms with Gasteiger partial charge in [0.2, 0.25) is 5.78 Å². The summed E-state index contributed by atoms with van der Waals surface area (Å²) in [6.07, 6.45) is 0. The summed E-state index contributed by atoms with van der Waals surface area (Å²) < 4.78 is 5.26. The first-order valence-electron chi connectivity index (χ1n) is 6.16. The monoisotopic (exact) mass is 255 g/mol. The van der Waals surface area contributed by atoms with Crippen LogP contribution in [0.3, 0.4) is 0 Å². The van der Waals surface area contributed by atoms with Gasteiger partial charge in [-0.05, 0) is 56.2 Å². The molecule has 1 aromatic carbocycles. The van der Waals surface area contributed by atoms with Crippen LogP contribution in [-0.4, -0.2) is 17.9 Å². The number of carbonyl (C=O) groups is 1. The fourth-order valence-corrected chi connectivity index (χ4v) is 2.06. The molecule has 1 aromatic heterocycles. The molecular formula is C16H17NO2. The van der Waals surface area contributed by atoms with Crippen LogP contribution in [0.4, 0.5) is 0 Å². The highest BCUT2D eigenvalue weighted by Crippen LogP contribution is 2.24. The highest BCUT2D eigenvalue weighted by Gasteiger charge is 2.15. The summed E-state index contributed by atoms with van der Waals surface area (Å²) in [5.74, 6) is 0.748. The van der Waals surface area contributed by atoms with Crippen LogP contribution in [0.1, 0.15) is 32.9 Å². The fraction of sp³-hybridized carbons (Fsp3) is 0.250. The normalized spacial score (nSPS) is 10.3. The number of benzene rings is 1. The van der Waals surface area contributed by atoms with Crippen LogP contribution < -0.4 is 4.74 Å². The Labute approximate surface area is 113 Å². The molecule has 0 saturated heterocycles. The Balaban J connectivity index is 2.47.